The molecule has 2 rings (SSSR count). The first kappa shape index (κ1) is 11.1. The van der Waals surface area contributed by atoms with E-state index < -0.39 is 0 Å². The molecule has 0 aliphatic heterocycles. The van der Waals surface area contributed by atoms with E-state index in [-0.39, 0.29) is 11.9 Å². The summed E-state index contributed by atoms with van der Waals surface area (Å²) in [5.74, 6) is 5.31. The highest BCUT2D eigenvalue weighted by Crippen LogP contribution is 2.15. The van der Waals surface area contributed by atoms with Crippen molar-refractivity contribution >= 4 is 17.6 Å². The number of anilines is 2. The number of benzene rings is 1. The first-order valence-electron chi connectivity index (χ1n) is 4.88. The van der Waals surface area contributed by atoms with Gasteiger partial charge in [0.2, 0.25) is 5.89 Å². The van der Waals surface area contributed by atoms with Gasteiger partial charge in [0.1, 0.15) is 0 Å². The summed E-state index contributed by atoms with van der Waals surface area (Å²) in [6, 6.07) is 6.87. The van der Waals surface area contributed by atoms with Crippen LogP contribution in [0.5, 0.6) is 0 Å². The van der Waals surface area contributed by atoms with Gasteiger partial charge in [-0.15, -0.1) is 5.10 Å². The van der Waals surface area contributed by atoms with Crippen LogP contribution < -0.4 is 16.6 Å². The van der Waals surface area contributed by atoms with E-state index in [1.54, 1.807) is 31.2 Å². The van der Waals surface area contributed by atoms with Gasteiger partial charge in [0, 0.05) is 6.92 Å². The van der Waals surface area contributed by atoms with Gasteiger partial charge >= 0.3 is 6.01 Å². The van der Waals surface area contributed by atoms with Crippen LogP contribution in [-0.2, 0) is 0 Å². The van der Waals surface area contributed by atoms with Crippen molar-refractivity contribution in [3.05, 3.63) is 35.7 Å². The standard InChI is InChI=1S/C10H11N5O2/c1-6-14-15-10(17-6)12-9(16)7-4-2-3-5-8(7)13-11/h2-5,13H,11H2,1H3,(H,12,15,16). The fraction of sp³-hybridized carbons (Fsp3) is 0.100. The average Bonchev–Trinajstić information content (AvgIpc) is 2.74. The van der Waals surface area contributed by atoms with Crippen molar-refractivity contribution in [2.75, 3.05) is 10.7 Å². The fourth-order valence-corrected chi connectivity index (χ4v) is 1.32. The molecule has 0 unspecified atom stereocenters. The molecule has 0 spiro atoms. The van der Waals surface area contributed by atoms with Crippen LogP contribution in [0.1, 0.15) is 16.2 Å². The summed E-state index contributed by atoms with van der Waals surface area (Å²) < 4.78 is 5.04. The van der Waals surface area contributed by atoms with Crippen molar-refractivity contribution in [1.29, 1.82) is 0 Å². The molecule has 0 aliphatic carbocycles. The molecule has 1 heterocycles. The highest BCUT2D eigenvalue weighted by molar-refractivity contribution is 6.07. The summed E-state index contributed by atoms with van der Waals surface area (Å²) in [6.45, 7) is 1.64. The first-order chi connectivity index (χ1) is 8.20. The third-order valence-electron chi connectivity index (χ3n) is 2.07. The van der Waals surface area contributed by atoms with Gasteiger partial charge in [-0.2, -0.15) is 0 Å². The lowest BCUT2D eigenvalue weighted by molar-refractivity contribution is 0.102. The lowest BCUT2D eigenvalue weighted by Gasteiger charge is -2.06. The maximum absolute atomic E-state index is 11.9. The maximum atomic E-state index is 11.9. The van der Waals surface area contributed by atoms with Gasteiger partial charge in [0.15, 0.2) is 0 Å². The van der Waals surface area contributed by atoms with Crippen molar-refractivity contribution < 1.29 is 9.21 Å². The van der Waals surface area contributed by atoms with Crippen LogP contribution in [-0.4, -0.2) is 16.1 Å². The van der Waals surface area contributed by atoms with E-state index in [9.17, 15) is 4.79 Å². The Hall–Kier alpha value is -2.41. The summed E-state index contributed by atoms with van der Waals surface area (Å²) in [6.07, 6.45) is 0. The number of nitrogen functional groups attached to an aromatic ring is 1. The van der Waals surface area contributed by atoms with Crippen molar-refractivity contribution in [1.82, 2.24) is 10.2 Å². The Morgan fingerprint density at radius 2 is 2.12 bits per heavy atom. The number of hydrogen-bond acceptors (Lipinski definition) is 6. The molecule has 7 heteroatoms. The Bertz CT molecular complexity index is 537. The monoisotopic (exact) mass is 233 g/mol. The van der Waals surface area contributed by atoms with E-state index in [4.69, 9.17) is 10.3 Å². The zero-order valence-electron chi connectivity index (χ0n) is 9.10. The SMILES string of the molecule is Cc1nnc(NC(=O)c2ccccc2NN)o1. The molecule has 1 aromatic carbocycles. The Labute approximate surface area is 97.0 Å². The Morgan fingerprint density at radius 3 is 2.76 bits per heavy atom. The second-order valence-electron chi connectivity index (χ2n) is 3.27. The van der Waals surface area contributed by atoms with E-state index in [0.29, 0.717) is 17.1 Å². The summed E-state index contributed by atoms with van der Waals surface area (Å²) in [5.41, 5.74) is 3.35. The Kier molecular flexibility index (Phi) is 3.01. The quantitative estimate of drug-likeness (QED) is 0.537. The number of nitrogens with two attached hydrogens (primary N) is 1. The van der Waals surface area contributed by atoms with Crippen molar-refractivity contribution in [2.45, 2.75) is 6.92 Å². The number of amides is 1. The van der Waals surface area contributed by atoms with Gasteiger partial charge < -0.3 is 9.84 Å². The largest absolute Gasteiger partial charge is 0.408 e. The van der Waals surface area contributed by atoms with Crippen LogP contribution in [0.25, 0.3) is 0 Å². The number of nitrogens with one attached hydrogen (secondary N) is 2. The number of rotatable bonds is 3. The van der Waals surface area contributed by atoms with Crippen LogP contribution in [0.3, 0.4) is 0 Å². The lowest BCUT2D eigenvalue weighted by atomic mass is 10.1. The molecular weight excluding hydrogens is 222 g/mol. The van der Waals surface area contributed by atoms with Gasteiger partial charge in [0.25, 0.3) is 5.91 Å². The number of para-hydroxylation sites is 1. The van der Waals surface area contributed by atoms with E-state index in [0.717, 1.165) is 0 Å². The third-order valence-corrected chi connectivity index (χ3v) is 2.07. The van der Waals surface area contributed by atoms with Crippen LogP contribution in [0, 0.1) is 6.92 Å². The van der Waals surface area contributed by atoms with Crippen LogP contribution in [0.15, 0.2) is 28.7 Å². The normalized spacial score (nSPS) is 10.0. The molecule has 0 atom stereocenters. The number of hydrazine groups is 1. The second-order valence-corrected chi connectivity index (χ2v) is 3.27. The maximum Gasteiger partial charge on any atom is 0.322 e. The number of aryl methyl sites for hydroxylation is 1. The number of nitrogens with zero attached hydrogens (tertiary/aromatic N) is 2. The molecule has 1 amide bonds. The molecule has 7 nitrogen and oxygen atoms in total. The number of carbonyl (C=O) groups is 1. The number of aromatic nitrogens is 2. The second kappa shape index (κ2) is 4.62. The minimum absolute atomic E-state index is 0.0549. The summed E-state index contributed by atoms with van der Waals surface area (Å²) in [4.78, 5) is 11.9. The van der Waals surface area contributed by atoms with Crippen LogP contribution in [0.2, 0.25) is 0 Å². The molecule has 88 valence electrons. The summed E-state index contributed by atoms with van der Waals surface area (Å²) in [5, 5.41) is 9.75. The van der Waals surface area contributed by atoms with Crippen molar-refractivity contribution in [2.24, 2.45) is 5.84 Å². The predicted octanol–water partition coefficient (Wildman–Crippen LogP) is 0.916. The molecule has 0 aliphatic rings. The molecular formula is C10H11N5O2. The molecule has 0 saturated carbocycles. The topological polar surface area (TPSA) is 106 Å². The Morgan fingerprint density at radius 1 is 1.35 bits per heavy atom. The van der Waals surface area contributed by atoms with Gasteiger partial charge in [-0.1, -0.05) is 17.2 Å². The van der Waals surface area contributed by atoms with Gasteiger partial charge in [-0.25, -0.2) is 0 Å². The highest BCUT2D eigenvalue weighted by atomic mass is 16.4. The minimum atomic E-state index is -0.373. The van der Waals surface area contributed by atoms with Gasteiger partial charge in [-0.05, 0) is 12.1 Å². The predicted molar refractivity (Wildman–Crippen MR) is 61.2 cm³/mol. The molecule has 4 N–H and O–H groups in total. The van der Waals surface area contributed by atoms with E-state index in [1.165, 1.54) is 0 Å². The van der Waals surface area contributed by atoms with E-state index >= 15 is 0 Å². The molecule has 0 saturated heterocycles. The fourth-order valence-electron chi connectivity index (χ4n) is 1.32. The zero-order chi connectivity index (χ0) is 12.3. The first-order valence-corrected chi connectivity index (χ1v) is 4.88. The minimum Gasteiger partial charge on any atom is -0.408 e. The van der Waals surface area contributed by atoms with Crippen LogP contribution >= 0.6 is 0 Å². The van der Waals surface area contributed by atoms with Gasteiger partial charge in [0.05, 0.1) is 11.3 Å². The Balaban J connectivity index is 2.20. The highest BCUT2D eigenvalue weighted by Gasteiger charge is 2.13. The lowest BCUT2D eigenvalue weighted by Crippen LogP contribution is -2.17. The third kappa shape index (κ3) is 2.40. The van der Waals surface area contributed by atoms with Gasteiger partial charge in [-0.3, -0.25) is 16.0 Å². The summed E-state index contributed by atoms with van der Waals surface area (Å²) in [7, 11) is 0. The molecule has 17 heavy (non-hydrogen) atoms. The van der Waals surface area contributed by atoms with Crippen LogP contribution in [0.4, 0.5) is 11.7 Å². The number of hydrogen-bond donors (Lipinski definition) is 3. The molecule has 0 bridgehead atoms. The van der Waals surface area contributed by atoms with E-state index in [2.05, 4.69) is 20.9 Å². The average molecular weight is 233 g/mol. The zero-order valence-corrected chi connectivity index (χ0v) is 9.10. The number of carbonyl (C=O) groups excluding carboxylic acids is 1. The summed E-state index contributed by atoms with van der Waals surface area (Å²) >= 11 is 0. The molecule has 0 fully saturated rings. The van der Waals surface area contributed by atoms with Crippen molar-refractivity contribution in [3.8, 4) is 0 Å². The molecule has 0 radical (unpaired) electrons. The smallest absolute Gasteiger partial charge is 0.322 e. The van der Waals surface area contributed by atoms with Crippen molar-refractivity contribution in [3.63, 3.8) is 0 Å². The van der Waals surface area contributed by atoms with E-state index in [1.807, 2.05) is 0 Å². The molecule has 1 aromatic heterocycles. The molecule has 2 aromatic rings.